The van der Waals surface area contributed by atoms with Gasteiger partial charge in [0, 0.05) is 17.7 Å². The normalized spacial score (nSPS) is 14.7. The van der Waals surface area contributed by atoms with Crippen LogP contribution in [0.3, 0.4) is 0 Å². The van der Waals surface area contributed by atoms with Crippen molar-refractivity contribution in [3.8, 4) is 17.0 Å². The third kappa shape index (κ3) is 4.63. The average molecular weight is 360 g/mol. The van der Waals surface area contributed by atoms with Crippen molar-refractivity contribution in [3.05, 3.63) is 72.6 Å². The van der Waals surface area contributed by atoms with Gasteiger partial charge in [-0.05, 0) is 43.6 Å². The third-order valence-electron chi connectivity index (χ3n) is 4.76. The fourth-order valence-corrected chi connectivity index (χ4v) is 3.30. The van der Waals surface area contributed by atoms with Crippen LogP contribution in [-0.2, 0) is 6.61 Å². The second-order valence-electron chi connectivity index (χ2n) is 6.73. The maximum atomic E-state index is 6.08. The van der Waals surface area contributed by atoms with E-state index in [4.69, 9.17) is 4.74 Å². The van der Waals surface area contributed by atoms with E-state index in [9.17, 15) is 0 Å². The van der Waals surface area contributed by atoms with E-state index in [-0.39, 0.29) is 0 Å². The smallest absolute Gasteiger partial charge is 0.130 e. The Labute approximate surface area is 159 Å². The number of hydrogen-bond acceptors (Lipinski definition) is 5. The van der Waals surface area contributed by atoms with Gasteiger partial charge >= 0.3 is 0 Å². The summed E-state index contributed by atoms with van der Waals surface area (Å²) in [6, 6.07) is 20.7. The maximum absolute atomic E-state index is 6.08. The van der Waals surface area contributed by atoms with Crippen LogP contribution >= 0.6 is 0 Å². The number of nitrogens with zero attached hydrogens (tertiary/aromatic N) is 2. The number of ether oxygens (including phenoxy) is 1. The van der Waals surface area contributed by atoms with Gasteiger partial charge in [0.15, 0.2) is 0 Å². The molecule has 2 aromatic carbocycles. The predicted octanol–water partition coefficient (Wildman–Crippen LogP) is 3.89. The van der Waals surface area contributed by atoms with Gasteiger partial charge in [0.05, 0.1) is 5.69 Å². The molecule has 0 spiro atoms. The van der Waals surface area contributed by atoms with Crippen molar-refractivity contribution in [1.82, 2.24) is 15.3 Å². The van der Waals surface area contributed by atoms with Crippen LogP contribution in [0.15, 0.2) is 67.0 Å². The Balaban J connectivity index is 1.51. The first-order chi connectivity index (χ1) is 13.4. The molecule has 0 amide bonds. The number of rotatable bonds is 6. The Morgan fingerprint density at radius 2 is 1.74 bits per heavy atom. The molecule has 2 N–H and O–H groups in total. The number of para-hydroxylation sites is 1. The summed E-state index contributed by atoms with van der Waals surface area (Å²) in [4.78, 5) is 8.87. The molecule has 0 bridgehead atoms. The summed E-state index contributed by atoms with van der Waals surface area (Å²) in [5, 5.41) is 6.92. The van der Waals surface area contributed by atoms with Crippen molar-refractivity contribution >= 4 is 5.82 Å². The van der Waals surface area contributed by atoms with Gasteiger partial charge in [-0.2, -0.15) is 0 Å². The van der Waals surface area contributed by atoms with Gasteiger partial charge in [0.25, 0.3) is 0 Å². The summed E-state index contributed by atoms with van der Waals surface area (Å²) in [6.45, 7) is 2.63. The van der Waals surface area contributed by atoms with Crippen molar-refractivity contribution in [2.75, 3.05) is 18.4 Å². The summed E-state index contributed by atoms with van der Waals surface area (Å²) in [5.41, 5.74) is 2.98. The number of anilines is 1. The number of benzene rings is 2. The highest BCUT2D eigenvalue weighted by Gasteiger charge is 2.14. The van der Waals surface area contributed by atoms with E-state index >= 15 is 0 Å². The summed E-state index contributed by atoms with van der Waals surface area (Å²) in [7, 11) is 0. The molecule has 1 fully saturated rings. The highest BCUT2D eigenvalue weighted by Crippen LogP contribution is 2.30. The molecule has 27 heavy (non-hydrogen) atoms. The minimum absolute atomic E-state index is 0.457. The second kappa shape index (κ2) is 8.64. The van der Waals surface area contributed by atoms with Gasteiger partial charge in [-0.25, -0.2) is 9.97 Å². The molecule has 4 rings (SSSR count). The fourth-order valence-electron chi connectivity index (χ4n) is 3.30. The first kappa shape index (κ1) is 17.5. The van der Waals surface area contributed by atoms with Crippen LogP contribution in [0.4, 0.5) is 5.82 Å². The topological polar surface area (TPSA) is 59.1 Å². The quantitative estimate of drug-likeness (QED) is 0.698. The van der Waals surface area contributed by atoms with E-state index in [1.54, 1.807) is 6.33 Å². The lowest BCUT2D eigenvalue weighted by Gasteiger charge is -2.24. The van der Waals surface area contributed by atoms with Crippen LogP contribution in [0.1, 0.15) is 18.4 Å². The Kier molecular flexibility index (Phi) is 5.60. The average Bonchev–Trinajstić information content (AvgIpc) is 2.74. The van der Waals surface area contributed by atoms with Crippen molar-refractivity contribution in [1.29, 1.82) is 0 Å². The van der Waals surface area contributed by atoms with Crippen LogP contribution in [0, 0.1) is 0 Å². The van der Waals surface area contributed by atoms with Crippen LogP contribution in [0.25, 0.3) is 11.3 Å². The van der Waals surface area contributed by atoms with E-state index in [2.05, 4.69) is 32.7 Å². The fraction of sp³-hybridized carbons (Fsp3) is 0.273. The lowest BCUT2D eigenvalue weighted by atomic mass is 10.1. The van der Waals surface area contributed by atoms with Gasteiger partial charge in [-0.3, -0.25) is 0 Å². The minimum Gasteiger partial charge on any atom is -0.488 e. The summed E-state index contributed by atoms with van der Waals surface area (Å²) < 4.78 is 6.08. The highest BCUT2D eigenvalue weighted by molar-refractivity contribution is 5.69. The zero-order valence-corrected chi connectivity index (χ0v) is 15.3. The SMILES string of the molecule is c1ccc(COc2ccccc2-c2cc(NC3CCNCC3)ncn2)cc1. The summed E-state index contributed by atoms with van der Waals surface area (Å²) in [5.74, 6) is 1.69. The molecule has 1 aromatic heterocycles. The van der Waals surface area contributed by atoms with Crippen molar-refractivity contribution in [2.24, 2.45) is 0 Å². The number of aromatic nitrogens is 2. The maximum Gasteiger partial charge on any atom is 0.130 e. The van der Waals surface area contributed by atoms with Crippen molar-refractivity contribution in [2.45, 2.75) is 25.5 Å². The summed E-state index contributed by atoms with van der Waals surface area (Å²) >= 11 is 0. The lowest BCUT2D eigenvalue weighted by molar-refractivity contribution is 0.307. The Hall–Kier alpha value is -2.92. The van der Waals surface area contributed by atoms with E-state index in [0.29, 0.717) is 12.6 Å². The largest absolute Gasteiger partial charge is 0.488 e. The molecule has 2 heterocycles. The van der Waals surface area contributed by atoms with Crippen LogP contribution in [0.2, 0.25) is 0 Å². The first-order valence-electron chi connectivity index (χ1n) is 9.44. The molecule has 0 atom stereocenters. The molecule has 138 valence electrons. The molecule has 1 aliphatic heterocycles. The summed E-state index contributed by atoms with van der Waals surface area (Å²) in [6.07, 6.45) is 3.83. The molecule has 5 heteroatoms. The van der Waals surface area contributed by atoms with Gasteiger partial charge in [0.2, 0.25) is 0 Å². The molecule has 0 radical (unpaired) electrons. The van der Waals surface area contributed by atoms with E-state index < -0.39 is 0 Å². The molecular formula is C22H24N4O. The van der Waals surface area contributed by atoms with E-state index in [0.717, 1.165) is 54.3 Å². The number of nitrogens with one attached hydrogen (secondary N) is 2. The van der Waals surface area contributed by atoms with Crippen LogP contribution in [-0.4, -0.2) is 29.1 Å². The van der Waals surface area contributed by atoms with Crippen LogP contribution in [0.5, 0.6) is 5.75 Å². The second-order valence-corrected chi connectivity index (χ2v) is 6.73. The molecule has 0 aliphatic carbocycles. The van der Waals surface area contributed by atoms with Gasteiger partial charge in [0.1, 0.15) is 24.5 Å². The zero-order valence-electron chi connectivity index (χ0n) is 15.3. The standard InChI is InChI=1S/C22H24N4O/c1-2-6-17(7-3-1)15-27-21-9-5-4-8-19(21)20-14-22(25-16-24-20)26-18-10-12-23-13-11-18/h1-9,14,16,18,23H,10-13,15H2,(H,24,25,26). The van der Waals surface area contributed by atoms with Gasteiger partial charge in [-0.15, -0.1) is 0 Å². The third-order valence-corrected chi connectivity index (χ3v) is 4.76. The Morgan fingerprint density at radius 3 is 2.59 bits per heavy atom. The van der Waals surface area contributed by atoms with Crippen LogP contribution < -0.4 is 15.4 Å². The monoisotopic (exact) mass is 360 g/mol. The molecular weight excluding hydrogens is 336 g/mol. The highest BCUT2D eigenvalue weighted by atomic mass is 16.5. The zero-order chi connectivity index (χ0) is 18.3. The lowest BCUT2D eigenvalue weighted by Crippen LogP contribution is -2.35. The molecule has 0 saturated carbocycles. The van der Waals surface area contributed by atoms with Gasteiger partial charge < -0.3 is 15.4 Å². The predicted molar refractivity (Wildman–Crippen MR) is 108 cm³/mol. The van der Waals surface area contributed by atoms with Crippen molar-refractivity contribution < 1.29 is 4.74 Å². The number of piperidine rings is 1. The molecule has 5 nitrogen and oxygen atoms in total. The molecule has 3 aromatic rings. The van der Waals surface area contributed by atoms with Crippen molar-refractivity contribution in [3.63, 3.8) is 0 Å². The van der Waals surface area contributed by atoms with E-state index in [1.165, 1.54) is 0 Å². The Bertz CT molecular complexity index is 863. The first-order valence-corrected chi connectivity index (χ1v) is 9.44. The molecule has 0 unspecified atom stereocenters. The Morgan fingerprint density at radius 1 is 0.963 bits per heavy atom. The van der Waals surface area contributed by atoms with Gasteiger partial charge in [-0.1, -0.05) is 42.5 Å². The minimum atomic E-state index is 0.457. The molecule has 1 aliphatic rings. The number of hydrogen-bond donors (Lipinski definition) is 2. The van der Waals surface area contributed by atoms with E-state index in [1.807, 2.05) is 48.5 Å². The molecule has 1 saturated heterocycles.